The Morgan fingerprint density at radius 3 is 2.11 bits per heavy atom. The summed E-state index contributed by atoms with van der Waals surface area (Å²) in [5, 5.41) is 1.06. The number of rotatable bonds is 2. The quantitative estimate of drug-likeness (QED) is 0.855. The van der Waals surface area contributed by atoms with Crippen molar-refractivity contribution in [3.63, 3.8) is 0 Å². The molecule has 1 aromatic rings. The molecule has 4 nitrogen and oxygen atoms in total. The van der Waals surface area contributed by atoms with Crippen molar-refractivity contribution in [3.8, 4) is 0 Å². The molecule has 0 atom stereocenters. The number of nitrogens with one attached hydrogen (secondary N) is 1. The first-order chi connectivity index (χ1) is 8.51. The van der Waals surface area contributed by atoms with Gasteiger partial charge in [-0.05, 0) is 0 Å². The molecule has 0 aliphatic heterocycles. The number of halogens is 7. The van der Waals surface area contributed by atoms with E-state index in [0.717, 1.165) is 12.4 Å². The summed E-state index contributed by atoms with van der Waals surface area (Å²) in [4.78, 5) is 17.7. The Kier molecular flexibility index (Phi) is 4.23. The van der Waals surface area contributed by atoms with Crippen molar-refractivity contribution in [3.05, 3.63) is 17.5 Å². The van der Waals surface area contributed by atoms with Crippen LogP contribution in [0.25, 0.3) is 0 Å². The number of alkyl halides is 6. The normalized spacial score (nSPS) is 12.6. The molecule has 11 heteroatoms. The summed E-state index contributed by atoms with van der Waals surface area (Å²) in [5.74, 6) is -7.08. The first-order valence-electron chi connectivity index (χ1n) is 4.43. The lowest BCUT2D eigenvalue weighted by molar-refractivity contribution is -0.272. The number of aromatic nitrogens is 2. The zero-order chi connectivity index (χ0) is 14.8. The van der Waals surface area contributed by atoms with E-state index in [1.54, 1.807) is 0 Å². The van der Waals surface area contributed by atoms with Gasteiger partial charge in [0.2, 0.25) is 11.8 Å². The van der Waals surface area contributed by atoms with Crippen LogP contribution in [0.3, 0.4) is 0 Å². The van der Waals surface area contributed by atoms with E-state index in [0.29, 0.717) is 0 Å². The molecule has 0 radical (unpaired) electrons. The summed E-state index contributed by atoms with van der Waals surface area (Å²) < 4.78 is 73.2. The van der Waals surface area contributed by atoms with Crippen LogP contribution in [-0.2, 0) is 4.79 Å². The molecule has 1 rings (SSSR count). The maximum Gasteiger partial charge on any atom is 0.409 e. The molecule has 1 N–H and O–H groups in total. The molecule has 1 aromatic heterocycles. The third-order valence-corrected chi connectivity index (χ3v) is 1.96. The van der Waals surface area contributed by atoms with Crippen LogP contribution in [0.2, 0.25) is 5.15 Å². The van der Waals surface area contributed by atoms with Crippen molar-refractivity contribution >= 4 is 23.3 Å². The molecule has 0 saturated heterocycles. The third kappa shape index (κ3) is 4.23. The van der Waals surface area contributed by atoms with Gasteiger partial charge >= 0.3 is 12.4 Å². The topological polar surface area (TPSA) is 54.9 Å². The molecular weight excluding hydrogens is 304 g/mol. The van der Waals surface area contributed by atoms with E-state index >= 15 is 0 Å². The molecule has 0 aliphatic rings. The molecule has 106 valence electrons. The van der Waals surface area contributed by atoms with Crippen molar-refractivity contribution in [2.75, 3.05) is 5.32 Å². The maximum absolute atomic E-state index is 12.2. The van der Waals surface area contributed by atoms with Crippen LogP contribution >= 0.6 is 11.6 Å². The zero-order valence-electron chi connectivity index (χ0n) is 8.68. The molecule has 0 aliphatic carbocycles. The number of amides is 1. The zero-order valence-corrected chi connectivity index (χ0v) is 9.44. The summed E-state index contributed by atoms with van der Waals surface area (Å²) in [6.07, 6.45) is -9.79. The first-order valence-corrected chi connectivity index (χ1v) is 4.81. The Hall–Kier alpha value is -1.58. The van der Waals surface area contributed by atoms with Crippen LogP contribution < -0.4 is 5.32 Å². The summed E-state index contributed by atoms with van der Waals surface area (Å²) in [6.45, 7) is 0. The summed E-state index contributed by atoms with van der Waals surface area (Å²) in [7, 11) is 0. The van der Waals surface area contributed by atoms with Crippen LogP contribution in [0.4, 0.5) is 32.2 Å². The van der Waals surface area contributed by atoms with Crippen molar-refractivity contribution in [1.82, 2.24) is 9.97 Å². The highest BCUT2D eigenvalue weighted by Crippen LogP contribution is 2.39. The summed E-state index contributed by atoms with van der Waals surface area (Å²) in [5.41, 5.74) is 0. The first kappa shape index (κ1) is 15.5. The SMILES string of the molecule is O=C(Nc1cncc(Cl)n1)C(C(F)(F)F)C(F)(F)F. The number of anilines is 1. The van der Waals surface area contributed by atoms with E-state index in [-0.39, 0.29) is 5.15 Å². The van der Waals surface area contributed by atoms with Gasteiger partial charge in [-0.1, -0.05) is 11.6 Å². The van der Waals surface area contributed by atoms with E-state index in [1.165, 1.54) is 5.32 Å². The van der Waals surface area contributed by atoms with E-state index in [9.17, 15) is 31.1 Å². The van der Waals surface area contributed by atoms with E-state index in [1.807, 2.05) is 0 Å². The van der Waals surface area contributed by atoms with Gasteiger partial charge in [0.1, 0.15) is 5.15 Å². The summed E-state index contributed by atoms with van der Waals surface area (Å²) in [6, 6.07) is 0. The van der Waals surface area contributed by atoms with Gasteiger partial charge in [0.25, 0.3) is 0 Å². The molecule has 19 heavy (non-hydrogen) atoms. The van der Waals surface area contributed by atoms with E-state index < -0.39 is 30.0 Å². The lowest BCUT2D eigenvalue weighted by atomic mass is 10.1. The van der Waals surface area contributed by atoms with Gasteiger partial charge in [-0.2, -0.15) is 26.3 Å². The Balaban J connectivity index is 2.97. The fourth-order valence-electron chi connectivity index (χ4n) is 1.08. The smallest absolute Gasteiger partial charge is 0.309 e. The number of hydrogen-bond donors (Lipinski definition) is 1. The second kappa shape index (κ2) is 5.19. The minimum Gasteiger partial charge on any atom is -0.309 e. The van der Waals surface area contributed by atoms with Gasteiger partial charge in [-0.25, -0.2) is 4.98 Å². The molecule has 0 aromatic carbocycles. The second-order valence-electron chi connectivity index (χ2n) is 3.23. The van der Waals surface area contributed by atoms with Crippen molar-refractivity contribution < 1.29 is 31.1 Å². The molecule has 1 amide bonds. The van der Waals surface area contributed by atoms with Gasteiger partial charge in [0.05, 0.1) is 12.4 Å². The standard InChI is InChI=1S/C8H4ClF6N3O/c9-3-1-16-2-4(17-3)18-6(19)5(7(10,11)12)8(13,14)15/h1-2,5H,(H,17,18,19). The van der Waals surface area contributed by atoms with Crippen molar-refractivity contribution in [2.45, 2.75) is 12.4 Å². The number of carbonyl (C=O) groups is 1. The molecule has 0 unspecified atom stereocenters. The molecule has 0 bridgehead atoms. The molecule has 1 heterocycles. The average Bonchev–Trinajstić information content (AvgIpc) is 2.11. The molecule has 0 saturated carbocycles. The fraction of sp³-hybridized carbons (Fsp3) is 0.375. The predicted molar refractivity (Wildman–Crippen MR) is 51.3 cm³/mol. The summed E-state index contributed by atoms with van der Waals surface area (Å²) >= 11 is 5.32. The van der Waals surface area contributed by atoms with Gasteiger partial charge in [-0.15, -0.1) is 0 Å². The largest absolute Gasteiger partial charge is 0.409 e. The van der Waals surface area contributed by atoms with Crippen LogP contribution in [-0.4, -0.2) is 28.2 Å². The van der Waals surface area contributed by atoms with Gasteiger partial charge in [0, 0.05) is 0 Å². The molecular formula is C8H4ClF6N3O. The van der Waals surface area contributed by atoms with Gasteiger partial charge < -0.3 is 5.32 Å². The van der Waals surface area contributed by atoms with Crippen molar-refractivity contribution in [1.29, 1.82) is 0 Å². The highest BCUT2D eigenvalue weighted by molar-refractivity contribution is 6.29. The third-order valence-electron chi connectivity index (χ3n) is 1.77. The Morgan fingerprint density at radius 1 is 1.16 bits per heavy atom. The van der Waals surface area contributed by atoms with Crippen LogP contribution in [0, 0.1) is 5.92 Å². The monoisotopic (exact) mass is 307 g/mol. The van der Waals surface area contributed by atoms with Crippen LogP contribution in [0.15, 0.2) is 12.4 Å². The van der Waals surface area contributed by atoms with Gasteiger partial charge in [0.15, 0.2) is 5.82 Å². The number of carbonyl (C=O) groups excluding carboxylic acids is 1. The number of nitrogens with zero attached hydrogens (tertiary/aromatic N) is 2. The minimum absolute atomic E-state index is 0.298. The highest BCUT2D eigenvalue weighted by Gasteiger charge is 2.61. The molecule has 0 fully saturated rings. The molecule has 0 spiro atoms. The fourth-order valence-corrected chi connectivity index (χ4v) is 1.23. The second-order valence-corrected chi connectivity index (χ2v) is 3.62. The van der Waals surface area contributed by atoms with E-state index in [4.69, 9.17) is 11.6 Å². The van der Waals surface area contributed by atoms with Crippen molar-refractivity contribution in [2.24, 2.45) is 5.92 Å². The lowest BCUT2D eigenvalue weighted by Gasteiger charge is -2.21. The lowest BCUT2D eigenvalue weighted by Crippen LogP contribution is -2.45. The average molecular weight is 308 g/mol. The Morgan fingerprint density at radius 2 is 1.68 bits per heavy atom. The van der Waals surface area contributed by atoms with Crippen LogP contribution in [0.1, 0.15) is 0 Å². The maximum atomic E-state index is 12.2. The van der Waals surface area contributed by atoms with Crippen LogP contribution in [0.5, 0.6) is 0 Å². The van der Waals surface area contributed by atoms with E-state index in [2.05, 4.69) is 9.97 Å². The Bertz CT molecular complexity index is 460. The minimum atomic E-state index is -5.77. The Labute approximate surface area is 106 Å². The highest BCUT2D eigenvalue weighted by atomic mass is 35.5. The number of hydrogen-bond acceptors (Lipinski definition) is 3. The predicted octanol–water partition coefficient (Wildman–Crippen LogP) is 2.81. The van der Waals surface area contributed by atoms with Gasteiger partial charge in [-0.3, -0.25) is 9.78 Å².